The first-order valence-electron chi connectivity index (χ1n) is 20.8. The van der Waals surface area contributed by atoms with E-state index in [1.165, 1.54) is 17.2 Å². The lowest BCUT2D eigenvalue weighted by atomic mass is 9.92. The Morgan fingerprint density at radius 1 is 0.758 bits per heavy atom. The van der Waals surface area contributed by atoms with Gasteiger partial charge >= 0.3 is 6.03 Å². The van der Waals surface area contributed by atoms with Crippen LogP contribution in [0.15, 0.2) is 0 Å². The van der Waals surface area contributed by atoms with E-state index < -0.39 is 84.4 Å². The molecule has 11 amide bonds. The van der Waals surface area contributed by atoms with Crippen molar-refractivity contribution < 1.29 is 53.2 Å². The Balaban J connectivity index is 1.77. The van der Waals surface area contributed by atoms with Crippen molar-refractivity contribution in [3.8, 4) is 0 Å². The third-order valence-corrected chi connectivity index (χ3v) is 12.3. The standard InChI is InChI=1S/C38H65N11O11S2/c1-21(2)16-22(17-30(52)49-60)35(56)45-24(11-12-28(39)50)37(58)46-25(13-15-61-3)36(57)43-18-31(53)42-19-32(54)44-23(34(40)55)8-6-7-14-41-29(51)10-5-4-9-27-33-26(20-62-27)47-38(59)48-33/h21-27,33,60H,4-20H2,1-3H3,(H2,39,50)(H2,40,55)(H,41,51)(H,42,53)(H,43,57)(H,44,54)(H,45,56)(H,46,58)(H,49,52)(H2,47,48,59)/t22?,23-,24-,25-,26-,27-,33-/m0/s1. The monoisotopic (exact) mass is 915 g/mol. The van der Waals surface area contributed by atoms with Crippen molar-refractivity contribution in [2.24, 2.45) is 23.3 Å². The Kier molecular flexibility index (Phi) is 24.7. The maximum absolute atomic E-state index is 13.4. The van der Waals surface area contributed by atoms with E-state index in [2.05, 4.69) is 42.5 Å². The highest BCUT2D eigenvalue weighted by molar-refractivity contribution is 8.00. The van der Waals surface area contributed by atoms with Gasteiger partial charge in [0.05, 0.1) is 25.2 Å². The van der Waals surface area contributed by atoms with Gasteiger partial charge in [0.25, 0.3) is 0 Å². The zero-order valence-corrected chi connectivity index (χ0v) is 37.3. The van der Waals surface area contributed by atoms with E-state index in [-0.39, 0.29) is 68.5 Å². The van der Waals surface area contributed by atoms with Crippen LogP contribution in [0.3, 0.4) is 0 Å². The predicted octanol–water partition coefficient (Wildman–Crippen LogP) is -2.25. The second-order valence-corrected chi connectivity index (χ2v) is 18.0. The number of nitrogens with one attached hydrogen (secondary N) is 9. The van der Waals surface area contributed by atoms with Crippen LogP contribution >= 0.6 is 23.5 Å². The Bertz CT molecular complexity index is 1570. The van der Waals surface area contributed by atoms with Crippen LogP contribution in [0, 0.1) is 11.8 Å². The van der Waals surface area contributed by atoms with Crippen molar-refractivity contribution in [1.82, 2.24) is 48.0 Å². The zero-order chi connectivity index (χ0) is 46.2. The van der Waals surface area contributed by atoms with E-state index in [1.54, 1.807) is 6.26 Å². The number of nitrogens with two attached hydrogens (primary N) is 2. The summed E-state index contributed by atoms with van der Waals surface area (Å²) in [5, 5.41) is 30.3. The number of urea groups is 1. The summed E-state index contributed by atoms with van der Waals surface area (Å²) >= 11 is 3.21. The molecule has 24 heteroatoms. The topological polar surface area (TPSA) is 351 Å². The first-order valence-corrected chi connectivity index (χ1v) is 23.3. The Labute approximate surface area is 369 Å². The number of primary amides is 2. The molecule has 0 radical (unpaired) electrons. The molecular formula is C38H65N11O11S2. The van der Waals surface area contributed by atoms with Crippen LogP contribution in [0.2, 0.25) is 0 Å². The van der Waals surface area contributed by atoms with Gasteiger partial charge in [-0.25, -0.2) is 10.3 Å². The number of hydrogen-bond donors (Lipinski definition) is 12. The summed E-state index contributed by atoms with van der Waals surface area (Å²) in [5.74, 6) is -5.78. The molecule has 2 aliphatic heterocycles. The molecule has 0 bridgehead atoms. The minimum atomic E-state index is -1.32. The highest BCUT2D eigenvalue weighted by atomic mass is 32.2. The van der Waals surface area contributed by atoms with Gasteiger partial charge in [0.15, 0.2) is 0 Å². The van der Waals surface area contributed by atoms with E-state index in [9.17, 15) is 47.9 Å². The number of carbonyl (C=O) groups excluding carboxylic acids is 10. The van der Waals surface area contributed by atoms with Gasteiger partial charge in [-0.05, 0) is 69.3 Å². The first kappa shape index (κ1) is 53.3. The number of hydroxylamine groups is 1. The van der Waals surface area contributed by atoms with Gasteiger partial charge in [-0.15, -0.1) is 0 Å². The van der Waals surface area contributed by atoms with Gasteiger partial charge in [0.1, 0.15) is 18.1 Å². The molecule has 350 valence electrons. The highest BCUT2D eigenvalue weighted by Gasteiger charge is 2.42. The molecule has 0 aromatic heterocycles. The Hall–Kier alpha value is -4.84. The van der Waals surface area contributed by atoms with Crippen LogP contribution in [-0.2, 0) is 43.2 Å². The molecule has 0 aromatic rings. The smallest absolute Gasteiger partial charge is 0.315 e. The number of carbonyl (C=O) groups is 10. The van der Waals surface area contributed by atoms with Crippen LogP contribution < -0.4 is 59.5 Å². The van der Waals surface area contributed by atoms with Gasteiger partial charge in [-0.3, -0.25) is 48.4 Å². The van der Waals surface area contributed by atoms with Crippen molar-refractivity contribution >= 4 is 82.7 Å². The fourth-order valence-electron chi connectivity index (χ4n) is 6.87. The molecule has 7 atom stereocenters. The average molecular weight is 916 g/mol. The van der Waals surface area contributed by atoms with E-state index in [4.69, 9.17) is 16.7 Å². The second-order valence-electron chi connectivity index (χ2n) is 15.7. The van der Waals surface area contributed by atoms with Crippen molar-refractivity contribution in [2.45, 2.75) is 126 Å². The number of unbranched alkanes of at least 4 members (excludes halogenated alkanes) is 2. The van der Waals surface area contributed by atoms with Crippen LogP contribution in [0.1, 0.15) is 90.9 Å². The average Bonchev–Trinajstić information content (AvgIpc) is 3.78. The minimum absolute atomic E-state index is 0.0304. The number of fused-ring (bicyclic) bond motifs is 1. The molecule has 0 saturated carbocycles. The normalized spacial score (nSPS) is 18.4. The van der Waals surface area contributed by atoms with E-state index in [0.29, 0.717) is 36.8 Å². The lowest BCUT2D eigenvalue weighted by Crippen LogP contribution is -2.55. The summed E-state index contributed by atoms with van der Waals surface area (Å²) in [6, 6.07) is -3.35. The maximum atomic E-state index is 13.4. The maximum Gasteiger partial charge on any atom is 0.315 e. The second kappa shape index (κ2) is 28.7. The van der Waals surface area contributed by atoms with Crippen molar-refractivity contribution in [2.75, 3.05) is 37.4 Å². The predicted molar refractivity (Wildman–Crippen MR) is 231 cm³/mol. The number of rotatable bonds is 31. The third-order valence-electron chi connectivity index (χ3n) is 10.1. The molecule has 22 nitrogen and oxygen atoms in total. The summed E-state index contributed by atoms with van der Waals surface area (Å²) in [7, 11) is 0. The van der Waals surface area contributed by atoms with Gasteiger partial charge < -0.3 is 54.0 Å². The number of thioether (sulfide) groups is 2. The van der Waals surface area contributed by atoms with Crippen LogP contribution in [0.4, 0.5) is 4.79 Å². The molecule has 2 saturated heterocycles. The quantitative estimate of drug-likeness (QED) is 0.0152. The molecular weight excluding hydrogens is 851 g/mol. The van der Waals surface area contributed by atoms with Gasteiger partial charge in [0, 0.05) is 42.7 Å². The lowest BCUT2D eigenvalue weighted by Gasteiger charge is -2.25. The fourth-order valence-corrected chi connectivity index (χ4v) is 8.88. The SMILES string of the molecule is CSCC[C@H](NC(=O)[C@H](CCC(N)=O)NC(=O)C(CC(=O)NO)CC(C)C)C(=O)NCC(=O)NCC(=O)N[C@@H](CCCCNC(=O)CCCC[C@@H]1SC[C@@H]2NC(=O)N[C@@H]21)C(N)=O. The third kappa shape index (κ3) is 20.8. The highest BCUT2D eigenvalue weighted by Crippen LogP contribution is 2.33. The molecule has 2 aliphatic rings. The number of amides is 11. The van der Waals surface area contributed by atoms with Crippen LogP contribution in [-0.4, -0.2) is 137 Å². The minimum Gasteiger partial charge on any atom is -0.370 e. The first-order chi connectivity index (χ1) is 29.4. The van der Waals surface area contributed by atoms with Crippen LogP contribution in [0.5, 0.6) is 0 Å². The molecule has 1 unspecified atom stereocenters. The summed E-state index contributed by atoms with van der Waals surface area (Å²) < 4.78 is 0. The molecule has 2 rings (SSSR count). The fraction of sp³-hybridized carbons (Fsp3) is 0.737. The molecule has 0 aliphatic carbocycles. The summed E-state index contributed by atoms with van der Waals surface area (Å²) in [4.78, 5) is 124. The molecule has 0 spiro atoms. The van der Waals surface area contributed by atoms with Gasteiger partial charge in [-0.1, -0.05) is 20.3 Å². The van der Waals surface area contributed by atoms with E-state index in [0.717, 1.165) is 25.0 Å². The van der Waals surface area contributed by atoms with Crippen molar-refractivity contribution in [3.63, 3.8) is 0 Å². The molecule has 2 heterocycles. The van der Waals surface area contributed by atoms with Crippen LogP contribution in [0.25, 0.3) is 0 Å². The molecule has 62 heavy (non-hydrogen) atoms. The summed E-state index contributed by atoms with van der Waals surface area (Å²) in [6.07, 6.45) is 5.33. The molecule has 14 N–H and O–H groups in total. The summed E-state index contributed by atoms with van der Waals surface area (Å²) in [5.41, 5.74) is 12.2. The Morgan fingerprint density at radius 3 is 2.11 bits per heavy atom. The Morgan fingerprint density at radius 2 is 1.45 bits per heavy atom. The van der Waals surface area contributed by atoms with E-state index in [1.807, 2.05) is 25.6 Å². The lowest BCUT2D eigenvalue weighted by molar-refractivity contribution is -0.137. The largest absolute Gasteiger partial charge is 0.370 e. The zero-order valence-electron chi connectivity index (χ0n) is 35.6. The molecule has 0 aromatic carbocycles. The van der Waals surface area contributed by atoms with Crippen molar-refractivity contribution in [3.05, 3.63) is 0 Å². The molecule has 2 fully saturated rings. The summed E-state index contributed by atoms with van der Waals surface area (Å²) in [6.45, 7) is 2.90. The number of hydrogen-bond acceptors (Lipinski definition) is 13. The van der Waals surface area contributed by atoms with Crippen molar-refractivity contribution in [1.29, 1.82) is 0 Å². The van der Waals surface area contributed by atoms with E-state index >= 15 is 0 Å². The van der Waals surface area contributed by atoms with Gasteiger partial charge in [0.2, 0.25) is 53.2 Å². The van der Waals surface area contributed by atoms with Gasteiger partial charge in [-0.2, -0.15) is 23.5 Å².